The van der Waals surface area contributed by atoms with E-state index in [2.05, 4.69) is 20.9 Å². The highest BCUT2D eigenvalue weighted by molar-refractivity contribution is 5.94. The van der Waals surface area contributed by atoms with Crippen LogP contribution in [0.1, 0.15) is 52.5 Å². The number of aliphatic imine (C=N–C) groups is 1. The zero-order valence-electron chi connectivity index (χ0n) is 22.6. The minimum Gasteiger partial charge on any atom is -0.480 e. The fourth-order valence-corrected chi connectivity index (χ4v) is 3.64. The minimum absolute atomic E-state index is 0.0218. The highest BCUT2D eigenvalue weighted by Crippen LogP contribution is 2.09. The SMILES string of the molecule is CC(C)CC(NC(=O)C(Cc1ccccc1)NC(=O)C(CCCN=C(N)N)NC(=O)C(N)C(C)C)C(=O)O. The Kier molecular flexibility index (Phi) is 13.8. The molecule has 10 N–H and O–H groups in total. The lowest BCUT2D eigenvalue weighted by Gasteiger charge is -2.26. The number of guanidine groups is 1. The van der Waals surface area contributed by atoms with Gasteiger partial charge in [-0.05, 0) is 36.7 Å². The summed E-state index contributed by atoms with van der Waals surface area (Å²) in [6.07, 6.45) is 0.901. The van der Waals surface area contributed by atoms with Crippen molar-refractivity contribution in [2.75, 3.05) is 6.54 Å². The second-order valence-electron chi connectivity index (χ2n) is 10.1. The number of amides is 3. The molecule has 12 nitrogen and oxygen atoms in total. The third-order valence-corrected chi connectivity index (χ3v) is 5.84. The summed E-state index contributed by atoms with van der Waals surface area (Å²) in [4.78, 5) is 54.8. The molecule has 38 heavy (non-hydrogen) atoms. The summed E-state index contributed by atoms with van der Waals surface area (Å²) in [5, 5.41) is 17.5. The molecule has 0 saturated heterocycles. The number of carboxylic acids is 1. The fraction of sp³-hybridized carbons (Fsp3) is 0.577. The van der Waals surface area contributed by atoms with Gasteiger partial charge in [-0.15, -0.1) is 0 Å². The van der Waals surface area contributed by atoms with Gasteiger partial charge in [0.15, 0.2) is 5.96 Å². The van der Waals surface area contributed by atoms with E-state index in [-0.39, 0.29) is 43.6 Å². The Bertz CT molecular complexity index is 949. The van der Waals surface area contributed by atoms with E-state index in [9.17, 15) is 24.3 Å². The van der Waals surface area contributed by atoms with Crippen LogP contribution in [0, 0.1) is 11.8 Å². The van der Waals surface area contributed by atoms with Gasteiger partial charge >= 0.3 is 5.97 Å². The standard InChI is InChI=1S/C26H43N7O5/c1-15(2)13-20(25(37)38)33-23(35)19(14-17-9-6-5-7-10-17)32-22(34)18(11-8-12-30-26(28)29)31-24(36)21(27)16(3)4/h5-7,9-10,15-16,18-21H,8,11-14,27H2,1-4H3,(H,31,36)(H,32,34)(H,33,35)(H,37,38)(H4,28,29,30). The Labute approximate surface area is 224 Å². The van der Waals surface area contributed by atoms with Crippen LogP contribution in [0.4, 0.5) is 0 Å². The van der Waals surface area contributed by atoms with Gasteiger partial charge in [0.2, 0.25) is 17.7 Å². The molecule has 0 aliphatic rings. The molecule has 1 aromatic carbocycles. The second-order valence-corrected chi connectivity index (χ2v) is 10.1. The molecule has 0 aliphatic carbocycles. The van der Waals surface area contributed by atoms with Crippen molar-refractivity contribution in [3.63, 3.8) is 0 Å². The maximum Gasteiger partial charge on any atom is 0.326 e. The van der Waals surface area contributed by atoms with E-state index < -0.39 is 47.9 Å². The van der Waals surface area contributed by atoms with Gasteiger partial charge in [0.05, 0.1) is 6.04 Å². The smallest absolute Gasteiger partial charge is 0.326 e. The van der Waals surface area contributed by atoms with Crippen molar-refractivity contribution in [3.8, 4) is 0 Å². The first-order valence-corrected chi connectivity index (χ1v) is 12.8. The van der Waals surface area contributed by atoms with Crippen molar-refractivity contribution >= 4 is 29.7 Å². The predicted octanol–water partition coefficient (Wildman–Crippen LogP) is -0.149. The van der Waals surface area contributed by atoms with Crippen LogP contribution in [-0.2, 0) is 25.6 Å². The van der Waals surface area contributed by atoms with E-state index >= 15 is 0 Å². The summed E-state index contributed by atoms with van der Waals surface area (Å²) in [7, 11) is 0. The van der Waals surface area contributed by atoms with E-state index in [0.717, 1.165) is 5.56 Å². The Morgan fingerprint density at radius 1 is 0.868 bits per heavy atom. The van der Waals surface area contributed by atoms with Crippen LogP contribution in [0.15, 0.2) is 35.3 Å². The first-order chi connectivity index (χ1) is 17.8. The predicted molar refractivity (Wildman–Crippen MR) is 146 cm³/mol. The van der Waals surface area contributed by atoms with Crippen LogP contribution >= 0.6 is 0 Å². The average Bonchev–Trinajstić information content (AvgIpc) is 2.84. The van der Waals surface area contributed by atoms with E-state index in [1.165, 1.54) is 0 Å². The topological polar surface area (TPSA) is 215 Å². The zero-order chi connectivity index (χ0) is 28.8. The molecule has 4 unspecified atom stereocenters. The van der Waals surface area contributed by atoms with Gasteiger partial charge in [-0.2, -0.15) is 0 Å². The third-order valence-electron chi connectivity index (χ3n) is 5.84. The van der Waals surface area contributed by atoms with Crippen molar-refractivity contribution in [1.82, 2.24) is 16.0 Å². The van der Waals surface area contributed by atoms with Gasteiger partial charge in [-0.3, -0.25) is 19.4 Å². The van der Waals surface area contributed by atoms with Crippen LogP contribution in [0.25, 0.3) is 0 Å². The number of carbonyl (C=O) groups is 4. The molecule has 12 heteroatoms. The number of rotatable bonds is 16. The van der Waals surface area contributed by atoms with E-state index in [4.69, 9.17) is 17.2 Å². The summed E-state index contributed by atoms with van der Waals surface area (Å²) in [6, 6.07) is 4.95. The molecule has 0 fully saturated rings. The Morgan fingerprint density at radius 3 is 1.95 bits per heavy atom. The molecule has 0 heterocycles. The molecule has 4 atom stereocenters. The Balaban J connectivity index is 3.16. The molecule has 1 aromatic rings. The molecule has 0 aliphatic heterocycles. The fourth-order valence-electron chi connectivity index (χ4n) is 3.64. The quantitative estimate of drug-likeness (QED) is 0.0859. The largest absolute Gasteiger partial charge is 0.480 e. The number of hydrogen-bond donors (Lipinski definition) is 7. The van der Waals surface area contributed by atoms with Gasteiger partial charge in [0, 0.05) is 13.0 Å². The number of aliphatic carboxylic acids is 1. The summed E-state index contributed by atoms with van der Waals surface area (Å²) < 4.78 is 0. The number of hydrogen-bond acceptors (Lipinski definition) is 6. The van der Waals surface area contributed by atoms with Crippen LogP contribution in [0.5, 0.6) is 0 Å². The number of carbonyl (C=O) groups excluding carboxylic acids is 3. The lowest BCUT2D eigenvalue weighted by molar-refractivity contribution is -0.142. The Hall–Kier alpha value is -3.67. The molecule has 0 bridgehead atoms. The highest BCUT2D eigenvalue weighted by atomic mass is 16.4. The molecule has 0 spiro atoms. The maximum absolute atomic E-state index is 13.4. The normalized spacial score (nSPS) is 14.2. The molecule has 0 saturated carbocycles. The third kappa shape index (κ3) is 12.0. The van der Waals surface area contributed by atoms with Crippen LogP contribution in [0.3, 0.4) is 0 Å². The van der Waals surface area contributed by atoms with Crippen LogP contribution in [0.2, 0.25) is 0 Å². The lowest BCUT2D eigenvalue weighted by Crippen LogP contribution is -2.58. The number of nitrogens with zero attached hydrogens (tertiary/aromatic N) is 1. The van der Waals surface area contributed by atoms with Crippen LogP contribution in [-0.4, -0.2) is 65.5 Å². The summed E-state index contributed by atoms with van der Waals surface area (Å²) in [6.45, 7) is 7.51. The minimum atomic E-state index is -1.16. The van der Waals surface area contributed by atoms with E-state index in [0.29, 0.717) is 6.42 Å². The van der Waals surface area contributed by atoms with E-state index in [1.807, 2.05) is 19.9 Å². The lowest BCUT2D eigenvalue weighted by atomic mass is 10.0. The molecular formula is C26H43N7O5. The van der Waals surface area contributed by atoms with Crippen molar-refractivity contribution in [2.24, 2.45) is 34.0 Å². The summed E-state index contributed by atoms with van der Waals surface area (Å²) in [5.74, 6) is -3.14. The number of nitrogens with two attached hydrogens (primary N) is 3. The number of nitrogens with one attached hydrogen (secondary N) is 3. The highest BCUT2D eigenvalue weighted by Gasteiger charge is 2.31. The van der Waals surface area contributed by atoms with E-state index in [1.54, 1.807) is 38.1 Å². The van der Waals surface area contributed by atoms with Crippen molar-refractivity contribution < 1.29 is 24.3 Å². The van der Waals surface area contributed by atoms with Gasteiger partial charge in [0.25, 0.3) is 0 Å². The molecular weight excluding hydrogens is 490 g/mol. The number of benzene rings is 1. The van der Waals surface area contributed by atoms with Gasteiger partial charge in [-0.25, -0.2) is 4.79 Å². The first-order valence-electron chi connectivity index (χ1n) is 12.8. The summed E-state index contributed by atoms with van der Waals surface area (Å²) in [5.41, 5.74) is 17.4. The second kappa shape index (κ2) is 16.2. The zero-order valence-corrected chi connectivity index (χ0v) is 22.6. The van der Waals surface area contributed by atoms with Gasteiger partial charge in [0.1, 0.15) is 18.1 Å². The van der Waals surface area contributed by atoms with Gasteiger partial charge in [-0.1, -0.05) is 58.0 Å². The van der Waals surface area contributed by atoms with Crippen molar-refractivity contribution in [2.45, 2.75) is 77.5 Å². The average molecular weight is 534 g/mol. The van der Waals surface area contributed by atoms with Crippen molar-refractivity contribution in [1.29, 1.82) is 0 Å². The summed E-state index contributed by atoms with van der Waals surface area (Å²) >= 11 is 0. The van der Waals surface area contributed by atoms with Crippen molar-refractivity contribution in [3.05, 3.63) is 35.9 Å². The molecule has 1 rings (SSSR count). The monoisotopic (exact) mass is 533 g/mol. The Morgan fingerprint density at radius 2 is 1.42 bits per heavy atom. The molecule has 3 amide bonds. The maximum atomic E-state index is 13.4. The first kappa shape index (κ1) is 32.4. The number of carboxylic acid groups (broad SMARTS) is 1. The van der Waals surface area contributed by atoms with Crippen LogP contribution < -0.4 is 33.2 Å². The van der Waals surface area contributed by atoms with Gasteiger partial charge < -0.3 is 38.3 Å². The molecule has 212 valence electrons. The molecule has 0 aromatic heterocycles. The molecule has 0 radical (unpaired) electrons.